The molecule has 5 N–H and O–H groups in total. The third-order valence-electron chi connectivity index (χ3n) is 3.36. The Labute approximate surface area is 132 Å². The van der Waals surface area contributed by atoms with Gasteiger partial charge in [0.1, 0.15) is 6.07 Å². The Bertz CT molecular complexity index is 912. The lowest BCUT2D eigenvalue weighted by Crippen LogP contribution is -2.21. The van der Waals surface area contributed by atoms with E-state index in [-0.39, 0.29) is 11.5 Å². The number of fused-ring (bicyclic) bond motifs is 1. The second-order valence-electron chi connectivity index (χ2n) is 4.95. The zero-order valence-corrected chi connectivity index (χ0v) is 12.2. The van der Waals surface area contributed by atoms with Gasteiger partial charge in [-0.15, -0.1) is 0 Å². The molecule has 0 saturated carbocycles. The second kappa shape index (κ2) is 6.03. The number of amidine groups is 1. The van der Waals surface area contributed by atoms with E-state index >= 15 is 0 Å². The number of hydrogen-bond acceptors (Lipinski definition) is 4. The maximum absolute atomic E-state index is 8.84. The van der Waals surface area contributed by atoms with E-state index in [1.807, 2.05) is 48.5 Å². The highest BCUT2D eigenvalue weighted by Crippen LogP contribution is 2.25. The monoisotopic (exact) mass is 302 g/mol. The van der Waals surface area contributed by atoms with E-state index in [1.54, 1.807) is 6.07 Å². The molecule has 0 bridgehead atoms. The van der Waals surface area contributed by atoms with Gasteiger partial charge in [0.2, 0.25) is 5.71 Å². The summed E-state index contributed by atoms with van der Waals surface area (Å²) in [5.74, 6) is -0.369. The number of benzene rings is 2. The van der Waals surface area contributed by atoms with E-state index in [2.05, 4.69) is 21.6 Å². The van der Waals surface area contributed by atoms with Crippen LogP contribution in [0.4, 0.5) is 5.69 Å². The molecule has 0 spiro atoms. The van der Waals surface area contributed by atoms with Crippen molar-refractivity contribution in [2.75, 3.05) is 5.43 Å². The average Bonchev–Trinajstić information content (AvgIpc) is 2.99. The van der Waals surface area contributed by atoms with Crippen molar-refractivity contribution in [3.8, 4) is 17.3 Å². The van der Waals surface area contributed by atoms with Crippen LogP contribution in [0.15, 0.2) is 59.7 Å². The molecule has 3 rings (SSSR count). The quantitative estimate of drug-likeness (QED) is 0.337. The van der Waals surface area contributed by atoms with Crippen molar-refractivity contribution in [3.05, 3.63) is 54.6 Å². The number of nitriles is 1. The van der Waals surface area contributed by atoms with E-state index in [0.717, 1.165) is 22.2 Å². The fourth-order valence-corrected chi connectivity index (χ4v) is 2.25. The minimum Gasteiger partial charge on any atom is -0.382 e. The van der Waals surface area contributed by atoms with Crippen molar-refractivity contribution in [1.29, 1.82) is 10.7 Å². The van der Waals surface area contributed by atoms with E-state index in [9.17, 15) is 0 Å². The predicted molar refractivity (Wildman–Crippen MR) is 92.3 cm³/mol. The van der Waals surface area contributed by atoms with E-state index in [1.165, 1.54) is 0 Å². The van der Waals surface area contributed by atoms with E-state index in [4.69, 9.17) is 16.4 Å². The van der Waals surface area contributed by atoms with Crippen molar-refractivity contribution >= 4 is 28.1 Å². The van der Waals surface area contributed by atoms with Gasteiger partial charge in [-0.05, 0) is 24.3 Å². The smallest absolute Gasteiger partial charge is 0.201 e. The number of nitrogens with one attached hydrogen (secondary N) is 3. The van der Waals surface area contributed by atoms with Crippen LogP contribution in [0.2, 0.25) is 0 Å². The molecule has 6 heteroatoms. The van der Waals surface area contributed by atoms with Crippen molar-refractivity contribution < 1.29 is 0 Å². The third kappa shape index (κ3) is 3.04. The molecule has 3 aromatic rings. The molecule has 0 aliphatic rings. The van der Waals surface area contributed by atoms with Crippen molar-refractivity contribution in [3.63, 3.8) is 0 Å². The second-order valence-corrected chi connectivity index (χ2v) is 4.95. The Hall–Kier alpha value is -3.59. The molecule has 0 aliphatic heterocycles. The lowest BCUT2D eigenvalue weighted by atomic mass is 10.1. The number of hydrazone groups is 1. The molecule has 6 nitrogen and oxygen atoms in total. The van der Waals surface area contributed by atoms with Crippen LogP contribution in [0.25, 0.3) is 22.2 Å². The Kier molecular flexibility index (Phi) is 3.77. The number of nitrogens with zero attached hydrogens (tertiary/aromatic N) is 2. The van der Waals surface area contributed by atoms with Crippen molar-refractivity contribution in [1.82, 2.24) is 4.98 Å². The molecule has 0 aliphatic carbocycles. The summed E-state index contributed by atoms with van der Waals surface area (Å²) in [7, 11) is 0. The SMILES string of the molecule is N#C/C(=N\Nc1cccc(-c2cc3ccccc3[nH]2)c1)C(=N)N. The van der Waals surface area contributed by atoms with Gasteiger partial charge in [0.15, 0.2) is 5.84 Å². The van der Waals surface area contributed by atoms with Crippen LogP contribution in [0.1, 0.15) is 0 Å². The fraction of sp³-hybridized carbons (Fsp3) is 0. The molecule has 0 radical (unpaired) electrons. The molecule has 0 saturated heterocycles. The molecule has 0 unspecified atom stereocenters. The minimum absolute atomic E-state index is 0.152. The van der Waals surface area contributed by atoms with Gasteiger partial charge < -0.3 is 10.7 Å². The number of H-pyrrole nitrogens is 1. The highest BCUT2D eigenvalue weighted by atomic mass is 15.3. The number of aromatic nitrogens is 1. The van der Waals surface area contributed by atoms with Crippen molar-refractivity contribution in [2.24, 2.45) is 10.8 Å². The minimum atomic E-state index is -0.369. The molecule has 112 valence electrons. The van der Waals surface area contributed by atoms with E-state index in [0.29, 0.717) is 5.69 Å². The summed E-state index contributed by atoms with van der Waals surface area (Å²) in [6.45, 7) is 0. The van der Waals surface area contributed by atoms with Crippen LogP contribution < -0.4 is 11.2 Å². The number of para-hydroxylation sites is 1. The Morgan fingerprint density at radius 3 is 2.74 bits per heavy atom. The maximum Gasteiger partial charge on any atom is 0.201 e. The van der Waals surface area contributed by atoms with Crippen LogP contribution in [-0.4, -0.2) is 16.5 Å². The molecule has 0 fully saturated rings. The lowest BCUT2D eigenvalue weighted by molar-refractivity contribution is 1.33. The van der Waals surface area contributed by atoms with Gasteiger partial charge in [-0.3, -0.25) is 10.8 Å². The number of aromatic amines is 1. The van der Waals surface area contributed by atoms with Crippen LogP contribution in [0, 0.1) is 16.7 Å². The Morgan fingerprint density at radius 1 is 1.17 bits per heavy atom. The number of nitrogens with two attached hydrogens (primary N) is 1. The molecule has 0 amide bonds. The topological polar surface area (TPSA) is 114 Å². The highest BCUT2D eigenvalue weighted by molar-refractivity contribution is 6.45. The maximum atomic E-state index is 8.84. The first-order chi connectivity index (χ1) is 11.2. The number of anilines is 1. The molecule has 0 atom stereocenters. The normalized spacial score (nSPS) is 11.2. The summed E-state index contributed by atoms with van der Waals surface area (Å²) < 4.78 is 0. The van der Waals surface area contributed by atoms with Gasteiger partial charge in [0.25, 0.3) is 0 Å². The first kappa shape index (κ1) is 14.4. The summed E-state index contributed by atoms with van der Waals surface area (Å²) in [4.78, 5) is 3.36. The van der Waals surface area contributed by atoms with Gasteiger partial charge >= 0.3 is 0 Å². The van der Waals surface area contributed by atoms with Gasteiger partial charge in [-0.2, -0.15) is 10.4 Å². The average molecular weight is 302 g/mol. The molecule has 1 aromatic heterocycles. The van der Waals surface area contributed by atoms with Gasteiger partial charge in [0.05, 0.1) is 5.69 Å². The van der Waals surface area contributed by atoms with Crippen LogP contribution >= 0.6 is 0 Å². The fourth-order valence-electron chi connectivity index (χ4n) is 2.25. The lowest BCUT2D eigenvalue weighted by Gasteiger charge is -2.04. The predicted octanol–water partition coefficient (Wildman–Crippen LogP) is 3.06. The summed E-state index contributed by atoms with van der Waals surface area (Å²) in [5.41, 5.74) is 11.6. The van der Waals surface area contributed by atoms with Gasteiger partial charge in [-0.1, -0.05) is 30.3 Å². The summed E-state index contributed by atoms with van der Waals surface area (Å²) in [6.07, 6.45) is 0. The first-order valence-electron chi connectivity index (χ1n) is 6.94. The van der Waals surface area contributed by atoms with Crippen molar-refractivity contribution in [2.45, 2.75) is 0 Å². The zero-order valence-electron chi connectivity index (χ0n) is 12.2. The summed E-state index contributed by atoms with van der Waals surface area (Å²) in [5, 5.41) is 21.1. The first-order valence-corrected chi connectivity index (χ1v) is 6.94. The molecular weight excluding hydrogens is 288 g/mol. The van der Waals surface area contributed by atoms with Crippen LogP contribution in [0.5, 0.6) is 0 Å². The molecule has 23 heavy (non-hydrogen) atoms. The molecule has 1 heterocycles. The number of rotatable bonds is 4. The van der Waals surface area contributed by atoms with Crippen LogP contribution in [-0.2, 0) is 0 Å². The summed E-state index contributed by atoms with van der Waals surface area (Å²) in [6, 6.07) is 19.5. The van der Waals surface area contributed by atoms with Gasteiger partial charge in [0, 0.05) is 22.2 Å². The highest BCUT2D eigenvalue weighted by Gasteiger charge is 2.04. The molecule has 2 aromatic carbocycles. The summed E-state index contributed by atoms with van der Waals surface area (Å²) >= 11 is 0. The van der Waals surface area contributed by atoms with Crippen LogP contribution in [0.3, 0.4) is 0 Å². The molecular formula is C17H14N6. The third-order valence-corrected chi connectivity index (χ3v) is 3.36. The van der Waals surface area contributed by atoms with E-state index < -0.39 is 0 Å². The standard InChI is InChI=1S/C17H14N6/c18-10-16(17(19)20)23-22-13-6-3-5-11(8-13)15-9-12-4-1-2-7-14(12)21-15/h1-9,21-22H,(H3,19,20)/b23-16+. The Morgan fingerprint density at radius 2 is 2.00 bits per heavy atom. The number of hydrogen-bond donors (Lipinski definition) is 4. The Balaban J connectivity index is 1.91. The largest absolute Gasteiger partial charge is 0.382 e. The van der Waals surface area contributed by atoms with Gasteiger partial charge in [-0.25, -0.2) is 0 Å². The zero-order chi connectivity index (χ0) is 16.2.